The highest BCUT2D eigenvalue weighted by Gasteiger charge is 2.62. The second-order valence-corrected chi connectivity index (χ2v) is 9.73. The van der Waals surface area contributed by atoms with Crippen LogP contribution in [0.1, 0.15) is 86.0 Å². The summed E-state index contributed by atoms with van der Waals surface area (Å²) in [6, 6.07) is 0. The predicted molar refractivity (Wildman–Crippen MR) is 112 cm³/mol. The third-order valence-electron chi connectivity index (χ3n) is 7.49. The van der Waals surface area contributed by atoms with Crippen LogP contribution in [0.25, 0.3) is 0 Å². The van der Waals surface area contributed by atoms with Crippen molar-refractivity contribution in [3.05, 3.63) is 24.3 Å². The number of hydrogen-bond acceptors (Lipinski definition) is 4. The normalized spacial score (nSPS) is 30.8. The fourth-order valence-electron chi connectivity index (χ4n) is 4.97. The topological polar surface area (TPSA) is 52.6 Å². The average Bonchev–Trinajstić information content (AvgIpc) is 2.96. The van der Waals surface area contributed by atoms with E-state index in [1.807, 2.05) is 0 Å². The molecule has 3 saturated carbocycles. The van der Waals surface area contributed by atoms with Crippen LogP contribution >= 0.6 is 0 Å². The molecular weight excluding hydrogens is 352 g/mol. The van der Waals surface area contributed by atoms with Crippen molar-refractivity contribution in [1.29, 1.82) is 0 Å². The van der Waals surface area contributed by atoms with Crippen LogP contribution in [-0.2, 0) is 19.1 Å². The van der Waals surface area contributed by atoms with Crippen LogP contribution in [0, 0.1) is 16.7 Å². The molecule has 0 aromatic rings. The summed E-state index contributed by atoms with van der Waals surface area (Å²) in [7, 11) is 0. The van der Waals surface area contributed by atoms with Gasteiger partial charge in [-0.3, -0.25) is 0 Å². The molecule has 4 nitrogen and oxygen atoms in total. The zero-order chi connectivity index (χ0) is 21.1. The van der Waals surface area contributed by atoms with Crippen molar-refractivity contribution < 1.29 is 19.1 Å². The van der Waals surface area contributed by atoms with Gasteiger partial charge in [-0.15, -0.1) is 0 Å². The first kappa shape index (κ1) is 22.7. The van der Waals surface area contributed by atoms with E-state index in [1.165, 1.54) is 32.1 Å². The van der Waals surface area contributed by atoms with Gasteiger partial charge in [0.05, 0.1) is 0 Å². The van der Waals surface area contributed by atoms with Gasteiger partial charge in [-0.1, -0.05) is 40.3 Å². The lowest BCUT2D eigenvalue weighted by molar-refractivity contribution is -0.152. The van der Waals surface area contributed by atoms with E-state index in [1.54, 1.807) is 13.8 Å². The quantitative estimate of drug-likeness (QED) is 0.452. The van der Waals surface area contributed by atoms with Crippen LogP contribution in [0.4, 0.5) is 0 Å². The Hall–Kier alpha value is -1.58. The van der Waals surface area contributed by atoms with Gasteiger partial charge < -0.3 is 9.47 Å². The van der Waals surface area contributed by atoms with Crippen molar-refractivity contribution in [2.75, 3.05) is 0 Å². The van der Waals surface area contributed by atoms with Gasteiger partial charge in [0.2, 0.25) is 0 Å². The minimum Gasteiger partial charge on any atom is -0.459 e. The molecule has 0 spiro atoms. The molecule has 4 heteroatoms. The molecule has 0 radical (unpaired) electrons. The lowest BCUT2D eigenvalue weighted by atomic mass is 9.70. The van der Waals surface area contributed by atoms with E-state index in [0.717, 1.165) is 19.3 Å². The second kappa shape index (κ2) is 8.84. The standard InChI is InChI=1S/C14H22O2.C10H16O2/c1-9(2)12(15)16-11-8-10-6-7-14(11,5)13(10,3)4;1-8(2)10(11)12-9-6-4-3-5-7-9/h10-11H,1,6-8H2,2-5H3;9H,1,3-7H2,2H3. The third-order valence-corrected chi connectivity index (χ3v) is 7.49. The van der Waals surface area contributed by atoms with Gasteiger partial charge in [-0.05, 0) is 70.1 Å². The van der Waals surface area contributed by atoms with Gasteiger partial charge >= 0.3 is 11.9 Å². The highest BCUT2D eigenvalue weighted by Crippen LogP contribution is 2.66. The summed E-state index contributed by atoms with van der Waals surface area (Å²) >= 11 is 0. The molecule has 3 rings (SSSR count). The Morgan fingerprint density at radius 3 is 1.82 bits per heavy atom. The summed E-state index contributed by atoms with van der Waals surface area (Å²) in [5.74, 6) is 0.247. The first-order valence-electron chi connectivity index (χ1n) is 10.7. The molecule has 0 aromatic carbocycles. The molecule has 0 N–H and O–H groups in total. The van der Waals surface area contributed by atoms with Gasteiger partial charge in [0, 0.05) is 16.6 Å². The van der Waals surface area contributed by atoms with Gasteiger partial charge in [-0.2, -0.15) is 0 Å². The van der Waals surface area contributed by atoms with Crippen LogP contribution in [0.2, 0.25) is 0 Å². The summed E-state index contributed by atoms with van der Waals surface area (Å²) < 4.78 is 10.8. The molecule has 0 aromatic heterocycles. The van der Waals surface area contributed by atoms with E-state index in [0.29, 0.717) is 22.5 Å². The molecule has 158 valence electrons. The predicted octanol–water partition coefficient (Wildman–Crippen LogP) is 5.76. The lowest BCUT2D eigenvalue weighted by Crippen LogP contribution is -2.38. The molecule has 3 atom stereocenters. The van der Waals surface area contributed by atoms with Crippen molar-refractivity contribution in [1.82, 2.24) is 0 Å². The van der Waals surface area contributed by atoms with E-state index in [9.17, 15) is 9.59 Å². The maximum atomic E-state index is 11.6. The van der Waals surface area contributed by atoms with Crippen LogP contribution in [0.15, 0.2) is 24.3 Å². The fraction of sp³-hybridized carbons (Fsp3) is 0.750. The molecule has 0 heterocycles. The third kappa shape index (κ3) is 4.69. The molecule has 0 saturated heterocycles. The Labute approximate surface area is 170 Å². The average molecular weight is 391 g/mol. The Morgan fingerprint density at radius 2 is 1.39 bits per heavy atom. The largest absolute Gasteiger partial charge is 0.459 e. The van der Waals surface area contributed by atoms with Crippen molar-refractivity contribution >= 4 is 11.9 Å². The summed E-state index contributed by atoms with van der Waals surface area (Å²) in [5, 5.41) is 0. The minimum atomic E-state index is -0.234. The maximum absolute atomic E-state index is 11.6. The van der Waals surface area contributed by atoms with E-state index in [4.69, 9.17) is 9.47 Å². The molecule has 3 unspecified atom stereocenters. The molecule has 0 amide bonds. The highest BCUT2D eigenvalue weighted by molar-refractivity contribution is 5.87. The van der Waals surface area contributed by atoms with Crippen molar-refractivity contribution in [3.8, 4) is 0 Å². The molecule has 3 fully saturated rings. The zero-order valence-corrected chi connectivity index (χ0v) is 18.4. The van der Waals surface area contributed by atoms with E-state index in [2.05, 4.69) is 33.9 Å². The van der Waals surface area contributed by atoms with Gasteiger partial charge in [-0.25, -0.2) is 9.59 Å². The first-order chi connectivity index (χ1) is 13.0. The lowest BCUT2D eigenvalue weighted by Gasteiger charge is -2.38. The summed E-state index contributed by atoms with van der Waals surface area (Å²) in [4.78, 5) is 22.7. The summed E-state index contributed by atoms with van der Waals surface area (Å²) in [5.41, 5.74) is 1.46. The van der Waals surface area contributed by atoms with Crippen molar-refractivity contribution in [2.45, 2.75) is 98.2 Å². The summed E-state index contributed by atoms with van der Waals surface area (Å²) in [6.45, 7) is 17.5. The number of fused-ring (bicyclic) bond motifs is 2. The Bertz CT molecular complexity index is 627. The van der Waals surface area contributed by atoms with Crippen LogP contribution in [0.5, 0.6) is 0 Å². The molecule has 0 aliphatic heterocycles. The Morgan fingerprint density at radius 1 is 0.857 bits per heavy atom. The monoisotopic (exact) mass is 390 g/mol. The number of carbonyl (C=O) groups is 2. The van der Waals surface area contributed by atoms with E-state index >= 15 is 0 Å². The van der Waals surface area contributed by atoms with Gasteiger partial charge in [0.15, 0.2) is 0 Å². The smallest absolute Gasteiger partial charge is 0.333 e. The second-order valence-electron chi connectivity index (χ2n) is 9.73. The fourth-order valence-corrected chi connectivity index (χ4v) is 4.97. The maximum Gasteiger partial charge on any atom is 0.333 e. The van der Waals surface area contributed by atoms with Crippen molar-refractivity contribution in [2.24, 2.45) is 16.7 Å². The number of hydrogen-bond donors (Lipinski definition) is 0. The molecule has 3 aliphatic rings. The summed E-state index contributed by atoms with van der Waals surface area (Å²) in [6.07, 6.45) is 9.45. The molecular formula is C24H38O4. The first-order valence-corrected chi connectivity index (χ1v) is 10.7. The number of esters is 2. The van der Waals surface area contributed by atoms with Crippen LogP contribution < -0.4 is 0 Å². The SMILES string of the molecule is C=C(C)C(=O)OC1CC2CCC1(C)C2(C)C.C=C(C)C(=O)OC1CCCCC1. The van der Waals surface area contributed by atoms with E-state index < -0.39 is 0 Å². The number of carbonyl (C=O) groups excluding carboxylic acids is 2. The highest BCUT2D eigenvalue weighted by atomic mass is 16.5. The van der Waals surface area contributed by atoms with E-state index in [-0.39, 0.29) is 29.6 Å². The number of rotatable bonds is 4. The Kier molecular flexibility index (Phi) is 7.17. The van der Waals surface area contributed by atoms with Crippen molar-refractivity contribution in [3.63, 3.8) is 0 Å². The van der Waals surface area contributed by atoms with Gasteiger partial charge in [0.25, 0.3) is 0 Å². The van der Waals surface area contributed by atoms with Crippen LogP contribution in [-0.4, -0.2) is 24.1 Å². The minimum absolute atomic E-state index is 0.0884. The molecule has 28 heavy (non-hydrogen) atoms. The molecule has 3 aliphatic carbocycles. The zero-order valence-electron chi connectivity index (χ0n) is 18.4. The van der Waals surface area contributed by atoms with Gasteiger partial charge in [0.1, 0.15) is 12.2 Å². The molecule has 2 bridgehead atoms. The van der Waals surface area contributed by atoms with Crippen LogP contribution in [0.3, 0.4) is 0 Å². The number of ether oxygens (including phenoxy) is 2. The Balaban J connectivity index is 0.000000209.